The number of hydrogen-bond acceptors (Lipinski definition) is 2. The van der Waals surface area contributed by atoms with Gasteiger partial charge < -0.3 is 5.73 Å². The van der Waals surface area contributed by atoms with Gasteiger partial charge in [0.15, 0.2) is 0 Å². The van der Waals surface area contributed by atoms with Crippen molar-refractivity contribution in [2.45, 2.75) is 6.54 Å². The van der Waals surface area contributed by atoms with Gasteiger partial charge in [0.1, 0.15) is 0 Å². The Morgan fingerprint density at radius 3 is 2.57 bits per heavy atom. The summed E-state index contributed by atoms with van der Waals surface area (Å²) >= 11 is 4.13. The molecule has 2 rings (SSSR count). The van der Waals surface area contributed by atoms with Gasteiger partial charge >= 0.3 is 0 Å². The second-order valence-corrected chi connectivity index (χ2v) is 5.28. The molecule has 0 saturated heterocycles. The lowest BCUT2D eigenvalue weighted by molar-refractivity contribution is 1.11. The van der Waals surface area contributed by atoms with Crippen LogP contribution in [-0.4, -0.2) is 0 Å². The number of halogens is 1. The van der Waals surface area contributed by atoms with E-state index in [0.717, 1.165) is 0 Å². The minimum Gasteiger partial charge on any atom is -0.326 e. The highest BCUT2D eigenvalue weighted by Gasteiger charge is 2.04. The predicted molar refractivity (Wildman–Crippen MR) is 70.4 cm³/mol. The van der Waals surface area contributed by atoms with Crippen LogP contribution in [0.1, 0.15) is 4.88 Å². The number of hydrogen-bond donors (Lipinski definition) is 1. The van der Waals surface area contributed by atoms with Gasteiger partial charge in [0.25, 0.3) is 0 Å². The van der Waals surface area contributed by atoms with Crippen molar-refractivity contribution in [3.8, 4) is 10.4 Å². The average molecular weight is 315 g/mol. The van der Waals surface area contributed by atoms with Crippen molar-refractivity contribution in [2.24, 2.45) is 5.73 Å². The van der Waals surface area contributed by atoms with Gasteiger partial charge in [-0.15, -0.1) is 11.3 Å². The predicted octanol–water partition coefficient (Wildman–Crippen LogP) is 3.48. The third kappa shape index (κ3) is 1.99. The molecule has 0 bridgehead atoms. The van der Waals surface area contributed by atoms with Gasteiger partial charge in [-0.1, -0.05) is 18.2 Å². The number of rotatable bonds is 2. The monoisotopic (exact) mass is 315 g/mol. The molecule has 1 aromatic heterocycles. The van der Waals surface area contributed by atoms with Gasteiger partial charge in [-0.2, -0.15) is 0 Å². The summed E-state index contributed by atoms with van der Waals surface area (Å²) in [7, 11) is 0. The molecule has 0 aliphatic heterocycles. The van der Waals surface area contributed by atoms with Gasteiger partial charge in [0.05, 0.1) is 0 Å². The minimum absolute atomic E-state index is 0.633. The second-order valence-electron chi connectivity index (χ2n) is 2.95. The van der Waals surface area contributed by atoms with Crippen molar-refractivity contribution in [3.05, 3.63) is 44.8 Å². The minimum atomic E-state index is 0.633. The molecule has 0 fully saturated rings. The van der Waals surface area contributed by atoms with Crippen molar-refractivity contribution in [1.29, 1.82) is 0 Å². The molecule has 2 N–H and O–H groups in total. The first-order chi connectivity index (χ1) is 6.81. The van der Waals surface area contributed by atoms with E-state index in [4.69, 9.17) is 5.73 Å². The first-order valence-electron chi connectivity index (χ1n) is 4.35. The maximum atomic E-state index is 5.59. The third-order valence-electron chi connectivity index (χ3n) is 2.00. The van der Waals surface area contributed by atoms with E-state index in [-0.39, 0.29) is 0 Å². The summed E-state index contributed by atoms with van der Waals surface area (Å²) in [6, 6.07) is 12.6. The summed E-state index contributed by atoms with van der Waals surface area (Å²) in [5.41, 5.74) is 6.89. The third-order valence-corrected chi connectivity index (χ3v) is 4.08. The Hall–Kier alpha value is -0.390. The molecule has 0 aliphatic carbocycles. The highest BCUT2D eigenvalue weighted by atomic mass is 127. The van der Waals surface area contributed by atoms with Crippen LogP contribution in [-0.2, 0) is 6.54 Å². The Bertz CT molecular complexity index is 436. The van der Waals surface area contributed by atoms with E-state index in [2.05, 4.69) is 59.0 Å². The molecule has 3 heteroatoms. The topological polar surface area (TPSA) is 26.0 Å². The summed E-state index contributed by atoms with van der Waals surface area (Å²) < 4.78 is 1.29. The summed E-state index contributed by atoms with van der Waals surface area (Å²) in [6.07, 6.45) is 0. The first kappa shape index (κ1) is 10.1. The summed E-state index contributed by atoms with van der Waals surface area (Å²) in [5, 5.41) is 0. The molecule has 1 aromatic carbocycles. The highest BCUT2D eigenvalue weighted by molar-refractivity contribution is 14.1. The summed E-state index contributed by atoms with van der Waals surface area (Å²) in [6.45, 7) is 0.633. The van der Waals surface area contributed by atoms with E-state index in [9.17, 15) is 0 Å². The van der Waals surface area contributed by atoms with Crippen LogP contribution in [0.15, 0.2) is 36.4 Å². The molecule has 0 unspecified atom stereocenters. The Morgan fingerprint density at radius 1 is 1.14 bits per heavy atom. The normalized spacial score (nSPS) is 10.4. The van der Waals surface area contributed by atoms with Crippen LogP contribution in [0.4, 0.5) is 0 Å². The van der Waals surface area contributed by atoms with E-state index in [1.165, 1.54) is 18.9 Å². The van der Waals surface area contributed by atoms with Crippen LogP contribution in [0, 0.1) is 3.57 Å². The van der Waals surface area contributed by atoms with E-state index < -0.39 is 0 Å². The second kappa shape index (κ2) is 4.42. The molecule has 72 valence electrons. The molecule has 1 heterocycles. The van der Waals surface area contributed by atoms with Gasteiger partial charge in [-0.05, 0) is 40.8 Å². The summed E-state index contributed by atoms with van der Waals surface area (Å²) in [5.74, 6) is 0. The smallest absolute Gasteiger partial charge is 0.0356 e. The molecule has 0 aliphatic rings. The van der Waals surface area contributed by atoms with Gasteiger partial charge in [-0.3, -0.25) is 0 Å². The lowest BCUT2D eigenvalue weighted by Gasteiger charge is -1.99. The van der Waals surface area contributed by atoms with Crippen LogP contribution in [0.25, 0.3) is 10.4 Å². The maximum absolute atomic E-state index is 5.59. The molecule has 0 amide bonds. The van der Waals surface area contributed by atoms with E-state index in [0.29, 0.717) is 6.54 Å². The molecule has 14 heavy (non-hydrogen) atoms. The SMILES string of the molecule is NCc1ccc(-c2ccccc2I)s1. The average Bonchev–Trinajstić information content (AvgIpc) is 2.67. The first-order valence-corrected chi connectivity index (χ1v) is 6.24. The zero-order valence-electron chi connectivity index (χ0n) is 7.53. The van der Waals surface area contributed by atoms with Crippen molar-refractivity contribution in [1.82, 2.24) is 0 Å². The fourth-order valence-corrected chi connectivity index (χ4v) is 3.08. The largest absolute Gasteiger partial charge is 0.326 e. The molecule has 1 nitrogen and oxygen atoms in total. The van der Waals surface area contributed by atoms with Gasteiger partial charge in [0.2, 0.25) is 0 Å². The lowest BCUT2D eigenvalue weighted by atomic mass is 10.2. The Kier molecular flexibility index (Phi) is 3.20. The summed E-state index contributed by atoms with van der Waals surface area (Å²) in [4.78, 5) is 2.54. The van der Waals surface area contributed by atoms with E-state index in [1.807, 2.05) is 0 Å². The highest BCUT2D eigenvalue weighted by Crippen LogP contribution is 2.31. The zero-order chi connectivity index (χ0) is 9.97. The Morgan fingerprint density at radius 2 is 1.93 bits per heavy atom. The van der Waals surface area contributed by atoms with Crippen molar-refractivity contribution in [3.63, 3.8) is 0 Å². The lowest BCUT2D eigenvalue weighted by Crippen LogP contribution is -1.91. The molecule has 0 saturated carbocycles. The standard InChI is InChI=1S/C11H10INS/c12-10-4-2-1-3-9(10)11-6-5-8(7-13)14-11/h1-6H,7,13H2. The number of thiophene rings is 1. The van der Waals surface area contributed by atoms with Crippen LogP contribution in [0.5, 0.6) is 0 Å². The van der Waals surface area contributed by atoms with Crippen LogP contribution in [0.3, 0.4) is 0 Å². The van der Waals surface area contributed by atoms with Crippen molar-refractivity contribution >= 4 is 33.9 Å². The number of benzene rings is 1. The molecule has 2 aromatic rings. The number of nitrogens with two attached hydrogens (primary N) is 1. The van der Waals surface area contributed by atoms with Crippen molar-refractivity contribution < 1.29 is 0 Å². The van der Waals surface area contributed by atoms with Crippen LogP contribution >= 0.6 is 33.9 Å². The van der Waals surface area contributed by atoms with Crippen LogP contribution < -0.4 is 5.73 Å². The maximum Gasteiger partial charge on any atom is 0.0356 e. The van der Waals surface area contributed by atoms with Gasteiger partial charge in [0, 0.05) is 25.4 Å². The molecule has 0 radical (unpaired) electrons. The molecule has 0 spiro atoms. The fraction of sp³-hybridized carbons (Fsp3) is 0.0909. The quantitative estimate of drug-likeness (QED) is 0.844. The van der Waals surface area contributed by atoms with Crippen molar-refractivity contribution in [2.75, 3.05) is 0 Å². The van der Waals surface area contributed by atoms with E-state index >= 15 is 0 Å². The molecular formula is C11H10INS. The fourth-order valence-electron chi connectivity index (χ4n) is 1.29. The van der Waals surface area contributed by atoms with E-state index in [1.54, 1.807) is 11.3 Å². The van der Waals surface area contributed by atoms with Gasteiger partial charge in [-0.25, -0.2) is 0 Å². The molecular weight excluding hydrogens is 305 g/mol. The molecule has 0 atom stereocenters. The zero-order valence-corrected chi connectivity index (χ0v) is 10.5. The van der Waals surface area contributed by atoms with Crippen LogP contribution in [0.2, 0.25) is 0 Å². The Balaban J connectivity index is 2.44. The Labute approximate surface area is 101 Å².